The van der Waals surface area contributed by atoms with Crippen LogP contribution in [0, 0.1) is 0 Å². The molecular formula is C6H7N5O. The van der Waals surface area contributed by atoms with E-state index in [2.05, 4.69) is 25.4 Å². The molecule has 0 aliphatic carbocycles. The molecule has 1 N–H and O–H groups in total. The first-order valence-electron chi connectivity index (χ1n) is 3.44. The Labute approximate surface area is 68.8 Å². The molecular weight excluding hydrogens is 158 g/mol. The largest absolute Gasteiger partial charge is 0.366 e. The van der Waals surface area contributed by atoms with Gasteiger partial charge in [-0.05, 0) is 0 Å². The van der Waals surface area contributed by atoms with Crippen LogP contribution in [0.5, 0.6) is 0 Å². The second-order valence-corrected chi connectivity index (χ2v) is 2.17. The maximum atomic E-state index is 4.92. The molecule has 0 radical (unpaired) electrons. The van der Waals surface area contributed by atoms with Crippen molar-refractivity contribution in [3.63, 3.8) is 0 Å². The van der Waals surface area contributed by atoms with Crippen molar-refractivity contribution in [1.29, 1.82) is 0 Å². The van der Waals surface area contributed by atoms with E-state index in [-0.39, 0.29) is 12.2 Å². The van der Waals surface area contributed by atoms with Crippen molar-refractivity contribution in [2.75, 3.05) is 7.05 Å². The van der Waals surface area contributed by atoms with Gasteiger partial charge in [-0.1, -0.05) is 0 Å². The zero-order valence-corrected chi connectivity index (χ0v) is 6.43. The van der Waals surface area contributed by atoms with Gasteiger partial charge in [0.1, 0.15) is 0 Å². The Morgan fingerprint density at radius 1 is 1.58 bits per heavy atom. The van der Waals surface area contributed by atoms with Gasteiger partial charge < -0.3 is 4.84 Å². The summed E-state index contributed by atoms with van der Waals surface area (Å²) in [7, 11) is 1.59. The highest BCUT2D eigenvalue weighted by Crippen LogP contribution is 2.03. The van der Waals surface area contributed by atoms with Crippen LogP contribution in [0.25, 0.3) is 0 Å². The molecule has 2 heterocycles. The number of nitrogens with zero attached hydrogens (tertiary/aromatic N) is 4. The summed E-state index contributed by atoms with van der Waals surface area (Å²) in [6.45, 7) is 0. The molecule has 0 aromatic rings. The molecule has 6 heteroatoms. The Bertz CT molecular complexity index is 303. The highest BCUT2D eigenvalue weighted by Gasteiger charge is 2.22. The molecule has 1 unspecified atom stereocenters. The van der Waals surface area contributed by atoms with Crippen molar-refractivity contribution in [3.05, 3.63) is 0 Å². The average Bonchev–Trinajstić information content (AvgIpc) is 2.17. The fraction of sp³-hybridized carbons (Fsp3) is 0.333. The lowest BCUT2D eigenvalue weighted by molar-refractivity contribution is 0.156. The number of hydrogen-bond acceptors (Lipinski definition) is 5. The van der Waals surface area contributed by atoms with Gasteiger partial charge in [-0.2, -0.15) is 4.99 Å². The summed E-state index contributed by atoms with van der Waals surface area (Å²) in [5.41, 5.74) is 2.65. The van der Waals surface area contributed by atoms with E-state index in [1.54, 1.807) is 19.5 Å². The molecule has 12 heavy (non-hydrogen) atoms. The normalized spacial score (nSPS) is 29.6. The quantitative estimate of drug-likeness (QED) is 0.520. The van der Waals surface area contributed by atoms with E-state index in [9.17, 15) is 0 Å². The number of hydroxylamine groups is 1. The van der Waals surface area contributed by atoms with Crippen LogP contribution in [-0.4, -0.2) is 37.5 Å². The van der Waals surface area contributed by atoms with E-state index in [1.807, 2.05) is 0 Å². The first kappa shape index (κ1) is 7.11. The summed E-state index contributed by atoms with van der Waals surface area (Å²) in [4.78, 5) is 20.7. The summed E-state index contributed by atoms with van der Waals surface area (Å²) in [6, 6.07) is 0.274. The third-order valence-corrected chi connectivity index (χ3v) is 1.42. The molecule has 2 aliphatic heterocycles. The van der Waals surface area contributed by atoms with Gasteiger partial charge in [0.15, 0.2) is 12.0 Å². The van der Waals surface area contributed by atoms with Crippen molar-refractivity contribution in [2.45, 2.75) is 6.17 Å². The number of nitrogens with one attached hydrogen (secondary N) is 1. The highest BCUT2D eigenvalue weighted by atomic mass is 16.7. The zero-order valence-electron chi connectivity index (χ0n) is 6.43. The summed E-state index contributed by atoms with van der Waals surface area (Å²) >= 11 is 0. The topological polar surface area (TPSA) is 70.7 Å². The molecule has 6 nitrogen and oxygen atoms in total. The minimum atomic E-state index is -0.291. The van der Waals surface area contributed by atoms with Gasteiger partial charge in [0.05, 0.1) is 0 Å². The Morgan fingerprint density at radius 2 is 2.50 bits per heavy atom. The molecule has 0 saturated heterocycles. The first-order valence-corrected chi connectivity index (χ1v) is 3.44. The Morgan fingerprint density at radius 3 is 3.33 bits per heavy atom. The summed E-state index contributed by atoms with van der Waals surface area (Å²) in [6.07, 6.45) is 2.88. The molecule has 0 spiro atoms. The average molecular weight is 165 g/mol. The number of rotatable bonds is 0. The van der Waals surface area contributed by atoms with Crippen LogP contribution in [0.15, 0.2) is 20.0 Å². The molecule has 0 bridgehead atoms. The molecule has 0 fully saturated rings. The summed E-state index contributed by atoms with van der Waals surface area (Å²) in [5.74, 6) is 0.573. The van der Waals surface area contributed by atoms with Crippen LogP contribution < -0.4 is 5.48 Å². The van der Waals surface area contributed by atoms with Crippen LogP contribution in [-0.2, 0) is 4.84 Å². The number of hydrogen-bond donors (Lipinski definition) is 1. The van der Waals surface area contributed by atoms with Gasteiger partial charge in [0, 0.05) is 19.5 Å². The van der Waals surface area contributed by atoms with E-state index in [4.69, 9.17) is 4.84 Å². The second-order valence-electron chi connectivity index (χ2n) is 2.17. The zero-order chi connectivity index (χ0) is 8.39. The van der Waals surface area contributed by atoms with E-state index in [0.717, 1.165) is 0 Å². The lowest BCUT2D eigenvalue weighted by Crippen LogP contribution is -2.42. The number of aliphatic imine (C=N–C) groups is 4. The maximum Gasteiger partial charge on any atom is 0.332 e. The summed E-state index contributed by atoms with van der Waals surface area (Å²) in [5, 5.41) is 0. The standard InChI is InChI=1S/C6H7N5O/c1-7-6-10-4-5(11-12-6)9-3-2-8-4/h2-3,5,11H,1H3. The van der Waals surface area contributed by atoms with Crippen LogP contribution >= 0.6 is 0 Å². The first-order chi connectivity index (χ1) is 5.90. The number of amidine groups is 2. The molecule has 2 aliphatic rings. The van der Waals surface area contributed by atoms with Crippen molar-refractivity contribution in [1.82, 2.24) is 5.48 Å². The number of fused-ring (bicyclic) bond motifs is 1. The van der Waals surface area contributed by atoms with Crippen molar-refractivity contribution in [3.8, 4) is 0 Å². The van der Waals surface area contributed by atoms with Crippen LogP contribution in [0.1, 0.15) is 0 Å². The Hall–Kier alpha value is -1.56. The monoisotopic (exact) mass is 165 g/mol. The predicted molar refractivity (Wildman–Crippen MR) is 45.8 cm³/mol. The minimum absolute atomic E-state index is 0.274. The third kappa shape index (κ3) is 1.12. The van der Waals surface area contributed by atoms with E-state index >= 15 is 0 Å². The molecule has 2 rings (SSSR count). The van der Waals surface area contributed by atoms with Crippen molar-refractivity contribution >= 4 is 24.3 Å². The van der Waals surface area contributed by atoms with Gasteiger partial charge in [0.25, 0.3) is 0 Å². The minimum Gasteiger partial charge on any atom is -0.366 e. The fourth-order valence-electron chi connectivity index (χ4n) is 0.870. The van der Waals surface area contributed by atoms with Crippen LogP contribution in [0.4, 0.5) is 0 Å². The Kier molecular flexibility index (Phi) is 1.67. The molecule has 62 valence electrons. The van der Waals surface area contributed by atoms with Crippen LogP contribution in [0.2, 0.25) is 0 Å². The Balaban J connectivity index is 2.31. The van der Waals surface area contributed by atoms with Gasteiger partial charge in [-0.15, -0.1) is 5.48 Å². The molecule has 0 aromatic carbocycles. The lowest BCUT2D eigenvalue weighted by atomic mass is 10.4. The smallest absolute Gasteiger partial charge is 0.332 e. The molecule has 1 atom stereocenters. The van der Waals surface area contributed by atoms with Crippen LogP contribution in [0.3, 0.4) is 0 Å². The van der Waals surface area contributed by atoms with E-state index in [0.29, 0.717) is 5.84 Å². The molecule has 0 saturated carbocycles. The second kappa shape index (κ2) is 2.82. The van der Waals surface area contributed by atoms with Gasteiger partial charge in [0.2, 0.25) is 0 Å². The SMILES string of the molecule is CN=C1N=C2N=CC=NC2NO1. The summed E-state index contributed by atoms with van der Waals surface area (Å²) < 4.78 is 0. The fourth-order valence-corrected chi connectivity index (χ4v) is 0.870. The van der Waals surface area contributed by atoms with Crippen molar-refractivity contribution < 1.29 is 4.84 Å². The molecule has 0 amide bonds. The van der Waals surface area contributed by atoms with Gasteiger partial charge in [-0.25, -0.2) is 9.98 Å². The highest BCUT2D eigenvalue weighted by molar-refractivity contribution is 6.22. The maximum absolute atomic E-state index is 4.92. The lowest BCUT2D eigenvalue weighted by Gasteiger charge is -2.19. The predicted octanol–water partition coefficient (Wildman–Crippen LogP) is -0.613. The van der Waals surface area contributed by atoms with E-state index in [1.165, 1.54) is 0 Å². The van der Waals surface area contributed by atoms with E-state index < -0.39 is 0 Å². The van der Waals surface area contributed by atoms with Crippen molar-refractivity contribution in [2.24, 2.45) is 20.0 Å². The van der Waals surface area contributed by atoms with Gasteiger partial charge in [-0.3, -0.25) is 4.99 Å². The molecule has 0 aromatic heterocycles. The third-order valence-electron chi connectivity index (χ3n) is 1.42. The van der Waals surface area contributed by atoms with Gasteiger partial charge >= 0.3 is 6.02 Å².